The third-order valence-electron chi connectivity index (χ3n) is 3.64. The van der Waals surface area contributed by atoms with Crippen molar-refractivity contribution >= 4 is 11.9 Å². The van der Waals surface area contributed by atoms with Gasteiger partial charge in [0.1, 0.15) is 0 Å². The maximum absolute atomic E-state index is 12.2. The van der Waals surface area contributed by atoms with E-state index in [4.69, 9.17) is 5.11 Å². The average Bonchev–Trinajstić information content (AvgIpc) is 2.94. The van der Waals surface area contributed by atoms with Crippen molar-refractivity contribution in [2.24, 2.45) is 11.8 Å². The van der Waals surface area contributed by atoms with E-state index >= 15 is 0 Å². The van der Waals surface area contributed by atoms with E-state index in [1.165, 1.54) is 0 Å². The van der Waals surface area contributed by atoms with E-state index in [0.717, 1.165) is 32.2 Å². The van der Waals surface area contributed by atoms with Gasteiger partial charge in [0.25, 0.3) is 0 Å². The number of carboxylic acid groups (broad SMARTS) is 1. The summed E-state index contributed by atoms with van der Waals surface area (Å²) < 4.78 is 0. The number of carboxylic acids is 1. The number of carbonyl (C=O) groups is 2. The lowest BCUT2D eigenvalue weighted by Gasteiger charge is -2.36. The highest BCUT2D eigenvalue weighted by Gasteiger charge is 2.45. The van der Waals surface area contributed by atoms with Gasteiger partial charge in [0, 0.05) is 12.6 Å². The predicted octanol–water partition coefficient (Wildman–Crippen LogP) is 1.50. The smallest absolute Gasteiger partial charge is 0.307 e. The molecule has 0 aliphatic heterocycles. The van der Waals surface area contributed by atoms with Gasteiger partial charge in [-0.25, -0.2) is 0 Å². The van der Waals surface area contributed by atoms with Crippen LogP contribution in [0.4, 0.5) is 0 Å². The zero-order valence-electron chi connectivity index (χ0n) is 9.69. The molecule has 0 aromatic heterocycles. The summed E-state index contributed by atoms with van der Waals surface area (Å²) in [6.45, 7) is 2.84. The Morgan fingerprint density at radius 2 is 1.81 bits per heavy atom. The van der Waals surface area contributed by atoms with Gasteiger partial charge < -0.3 is 10.0 Å². The van der Waals surface area contributed by atoms with Crippen molar-refractivity contribution in [1.82, 2.24) is 4.90 Å². The summed E-state index contributed by atoms with van der Waals surface area (Å²) >= 11 is 0. The molecule has 0 bridgehead atoms. The van der Waals surface area contributed by atoms with Crippen LogP contribution in [0, 0.1) is 11.8 Å². The molecule has 2 fully saturated rings. The summed E-state index contributed by atoms with van der Waals surface area (Å²) in [6, 6.07) is 0.405. The molecule has 2 saturated carbocycles. The summed E-state index contributed by atoms with van der Waals surface area (Å²) in [5.41, 5.74) is 0. The number of hydrogen-bond donors (Lipinski definition) is 1. The molecule has 16 heavy (non-hydrogen) atoms. The fourth-order valence-corrected chi connectivity index (χ4v) is 2.40. The Kier molecular flexibility index (Phi) is 3.17. The molecular formula is C12H19NO3. The maximum atomic E-state index is 12.2. The van der Waals surface area contributed by atoms with Crippen LogP contribution in [0.1, 0.15) is 39.0 Å². The maximum Gasteiger partial charge on any atom is 0.307 e. The van der Waals surface area contributed by atoms with Crippen molar-refractivity contribution in [2.45, 2.75) is 45.1 Å². The van der Waals surface area contributed by atoms with Crippen molar-refractivity contribution in [3.05, 3.63) is 0 Å². The van der Waals surface area contributed by atoms with E-state index in [1.54, 1.807) is 0 Å². The van der Waals surface area contributed by atoms with Crippen LogP contribution in [0.5, 0.6) is 0 Å². The van der Waals surface area contributed by atoms with Gasteiger partial charge in [0.2, 0.25) is 5.91 Å². The summed E-state index contributed by atoms with van der Waals surface area (Å²) in [6.07, 6.45) is 4.55. The fraction of sp³-hybridized carbons (Fsp3) is 0.833. The molecule has 4 heteroatoms. The Balaban J connectivity index is 1.96. The van der Waals surface area contributed by atoms with Crippen molar-refractivity contribution in [3.63, 3.8) is 0 Å². The van der Waals surface area contributed by atoms with E-state index in [-0.39, 0.29) is 11.8 Å². The molecule has 0 spiro atoms. The Labute approximate surface area is 95.6 Å². The van der Waals surface area contributed by atoms with Crippen LogP contribution < -0.4 is 0 Å². The molecule has 2 aliphatic rings. The Morgan fingerprint density at radius 1 is 1.19 bits per heavy atom. The SMILES string of the molecule is CCCN(C(=O)C1CCC1C(=O)O)C1CC1. The molecule has 0 heterocycles. The predicted molar refractivity (Wildman–Crippen MR) is 58.9 cm³/mol. The molecule has 0 aromatic rings. The number of rotatable bonds is 5. The first kappa shape index (κ1) is 11.4. The number of aliphatic carboxylic acids is 1. The molecule has 0 aromatic carbocycles. The van der Waals surface area contributed by atoms with Gasteiger partial charge >= 0.3 is 5.97 Å². The summed E-state index contributed by atoms with van der Waals surface area (Å²) in [5.74, 6) is -1.39. The highest BCUT2D eigenvalue weighted by Crippen LogP contribution is 2.38. The van der Waals surface area contributed by atoms with Gasteiger partial charge in [-0.05, 0) is 32.1 Å². The van der Waals surface area contributed by atoms with Gasteiger partial charge in [-0.1, -0.05) is 6.92 Å². The molecule has 1 amide bonds. The lowest BCUT2D eigenvalue weighted by atomic mass is 9.73. The van der Waals surface area contributed by atoms with Gasteiger partial charge in [-0.2, -0.15) is 0 Å². The highest BCUT2D eigenvalue weighted by atomic mass is 16.4. The van der Waals surface area contributed by atoms with Gasteiger partial charge in [-0.15, -0.1) is 0 Å². The molecule has 2 aliphatic carbocycles. The van der Waals surface area contributed by atoms with E-state index in [9.17, 15) is 9.59 Å². The van der Waals surface area contributed by atoms with Crippen LogP contribution in [0.2, 0.25) is 0 Å². The largest absolute Gasteiger partial charge is 0.481 e. The minimum absolute atomic E-state index is 0.0861. The first-order chi connectivity index (χ1) is 7.65. The molecule has 2 atom stereocenters. The van der Waals surface area contributed by atoms with Crippen molar-refractivity contribution in [2.75, 3.05) is 6.54 Å². The Bertz CT molecular complexity index is 299. The molecule has 0 saturated heterocycles. The first-order valence-electron chi connectivity index (χ1n) is 6.18. The molecule has 1 N–H and O–H groups in total. The molecule has 90 valence electrons. The minimum atomic E-state index is -0.808. The number of carbonyl (C=O) groups excluding carboxylic acids is 1. The molecular weight excluding hydrogens is 206 g/mol. The third-order valence-corrected chi connectivity index (χ3v) is 3.64. The monoisotopic (exact) mass is 225 g/mol. The molecule has 2 unspecified atom stereocenters. The van der Waals surface area contributed by atoms with Gasteiger partial charge in [-0.3, -0.25) is 9.59 Å². The average molecular weight is 225 g/mol. The quantitative estimate of drug-likeness (QED) is 0.771. The van der Waals surface area contributed by atoms with Crippen molar-refractivity contribution in [1.29, 1.82) is 0 Å². The minimum Gasteiger partial charge on any atom is -0.481 e. The fourth-order valence-electron chi connectivity index (χ4n) is 2.40. The number of amides is 1. The third kappa shape index (κ3) is 2.06. The number of hydrogen-bond acceptors (Lipinski definition) is 2. The molecule has 2 rings (SSSR count). The molecule has 0 radical (unpaired) electrons. The highest BCUT2D eigenvalue weighted by molar-refractivity contribution is 5.86. The normalized spacial score (nSPS) is 28.3. The zero-order chi connectivity index (χ0) is 11.7. The van der Waals surface area contributed by atoms with Gasteiger partial charge in [0.15, 0.2) is 0 Å². The Hall–Kier alpha value is -1.06. The topological polar surface area (TPSA) is 57.6 Å². The van der Waals surface area contributed by atoms with Crippen LogP contribution in [0.25, 0.3) is 0 Å². The standard InChI is InChI=1S/C12H19NO3/c1-2-7-13(8-3-4-8)11(14)9-5-6-10(9)12(15)16/h8-10H,2-7H2,1H3,(H,15,16). The summed E-state index contributed by atoms with van der Waals surface area (Å²) in [7, 11) is 0. The second-order valence-electron chi connectivity index (χ2n) is 4.89. The van der Waals surface area contributed by atoms with Crippen molar-refractivity contribution < 1.29 is 14.7 Å². The van der Waals surface area contributed by atoms with E-state index in [1.807, 2.05) is 4.90 Å². The van der Waals surface area contributed by atoms with E-state index in [2.05, 4.69) is 6.92 Å². The van der Waals surface area contributed by atoms with Gasteiger partial charge in [0.05, 0.1) is 11.8 Å². The van der Waals surface area contributed by atoms with E-state index < -0.39 is 11.9 Å². The zero-order valence-corrected chi connectivity index (χ0v) is 9.69. The number of nitrogens with zero attached hydrogens (tertiary/aromatic N) is 1. The molecule has 4 nitrogen and oxygen atoms in total. The van der Waals surface area contributed by atoms with E-state index in [0.29, 0.717) is 12.5 Å². The Morgan fingerprint density at radius 3 is 2.19 bits per heavy atom. The van der Waals surface area contributed by atoms with Crippen LogP contribution in [0.15, 0.2) is 0 Å². The second-order valence-corrected chi connectivity index (χ2v) is 4.89. The lowest BCUT2D eigenvalue weighted by Crippen LogP contribution is -2.47. The second kappa shape index (κ2) is 4.44. The lowest BCUT2D eigenvalue weighted by molar-refractivity contribution is -0.156. The van der Waals surface area contributed by atoms with Crippen LogP contribution >= 0.6 is 0 Å². The van der Waals surface area contributed by atoms with Crippen LogP contribution in [-0.4, -0.2) is 34.5 Å². The summed E-state index contributed by atoms with van der Waals surface area (Å²) in [4.78, 5) is 25.0. The van der Waals surface area contributed by atoms with Crippen LogP contribution in [0.3, 0.4) is 0 Å². The first-order valence-corrected chi connectivity index (χ1v) is 6.18. The summed E-state index contributed by atoms with van der Waals surface area (Å²) in [5, 5.41) is 8.95. The van der Waals surface area contributed by atoms with Crippen molar-refractivity contribution in [3.8, 4) is 0 Å². The van der Waals surface area contributed by atoms with Crippen LogP contribution in [-0.2, 0) is 9.59 Å².